The van der Waals surface area contributed by atoms with Gasteiger partial charge in [0.25, 0.3) is 0 Å². The van der Waals surface area contributed by atoms with Gasteiger partial charge in [0.1, 0.15) is 0 Å². The molecule has 2 fully saturated rings. The Balaban J connectivity index is 1.77. The molecule has 3 nitrogen and oxygen atoms in total. The predicted molar refractivity (Wildman–Crippen MR) is 66.0 cm³/mol. The van der Waals surface area contributed by atoms with Crippen LogP contribution in [-0.2, 0) is 10.0 Å². The average Bonchev–Trinajstić information content (AvgIpc) is 2.91. The van der Waals surface area contributed by atoms with Gasteiger partial charge in [-0.1, -0.05) is 24.6 Å². The lowest BCUT2D eigenvalue weighted by Gasteiger charge is -2.22. The normalized spacial score (nSPS) is 31.9. The van der Waals surface area contributed by atoms with Gasteiger partial charge in [-0.2, -0.15) is 0 Å². The second kappa shape index (κ2) is 4.10. The summed E-state index contributed by atoms with van der Waals surface area (Å²) in [5.41, 5.74) is 0. The van der Waals surface area contributed by atoms with Crippen LogP contribution in [0.15, 0.2) is 35.2 Å². The van der Waals surface area contributed by atoms with Gasteiger partial charge >= 0.3 is 0 Å². The molecule has 0 spiro atoms. The molecular formula is C13H17NO2S. The van der Waals surface area contributed by atoms with Crippen LogP contribution in [-0.4, -0.2) is 14.5 Å². The molecule has 2 aliphatic carbocycles. The van der Waals surface area contributed by atoms with Crippen LogP contribution in [0.25, 0.3) is 0 Å². The number of rotatable bonds is 3. The number of hydrogen-bond donors (Lipinski definition) is 1. The van der Waals surface area contributed by atoms with Crippen molar-refractivity contribution in [2.75, 3.05) is 0 Å². The van der Waals surface area contributed by atoms with E-state index in [1.165, 1.54) is 19.3 Å². The van der Waals surface area contributed by atoms with Crippen molar-refractivity contribution >= 4 is 10.0 Å². The Hall–Kier alpha value is -0.870. The zero-order chi connectivity index (χ0) is 11.9. The first-order chi connectivity index (χ1) is 8.15. The molecule has 0 amide bonds. The smallest absolute Gasteiger partial charge is 0.208 e. The molecule has 92 valence electrons. The van der Waals surface area contributed by atoms with Gasteiger partial charge in [-0.05, 0) is 43.2 Å². The summed E-state index contributed by atoms with van der Waals surface area (Å²) in [6.07, 6.45) is 4.71. The Morgan fingerprint density at radius 3 is 2.41 bits per heavy atom. The Morgan fingerprint density at radius 1 is 1.06 bits per heavy atom. The molecule has 1 aromatic rings. The average molecular weight is 251 g/mol. The van der Waals surface area contributed by atoms with E-state index >= 15 is 0 Å². The van der Waals surface area contributed by atoms with Crippen molar-refractivity contribution in [3.05, 3.63) is 30.3 Å². The minimum Gasteiger partial charge on any atom is -0.208 e. The summed E-state index contributed by atoms with van der Waals surface area (Å²) in [7, 11) is -3.32. The molecule has 0 radical (unpaired) electrons. The number of benzene rings is 1. The number of nitrogens with one attached hydrogen (secondary N) is 1. The minimum atomic E-state index is -3.32. The van der Waals surface area contributed by atoms with Crippen LogP contribution in [0.3, 0.4) is 0 Å². The van der Waals surface area contributed by atoms with E-state index in [2.05, 4.69) is 4.72 Å². The maximum absolute atomic E-state index is 12.2. The van der Waals surface area contributed by atoms with E-state index in [9.17, 15) is 8.42 Å². The highest BCUT2D eigenvalue weighted by atomic mass is 32.2. The Morgan fingerprint density at radius 2 is 1.82 bits per heavy atom. The SMILES string of the molecule is O=S(=O)(N[C@@H]1C[C@H]2CC[C@@H]1C2)c1ccccc1. The van der Waals surface area contributed by atoms with Crippen molar-refractivity contribution in [1.82, 2.24) is 4.72 Å². The summed E-state index contributed by atoms with van der Waals surface area (Å²) < 4.78 is 27.2. The van der Waals surface area contributed by atoms with Gasteiger partial charge < -0.3 is 0 Å². The van der Waals surface area contributed by atoms with Crippen LogP contribution in [0.2, 0.25) is 0 Å². The number of fused-ring (bicyclic) bond motifs is 2. The van der Waals surface area contributed by atoms with Gasteiger partial charge in [-0.3, -0.25) is 0 Å². The van der Waals surface area contributed by atoms with E-state index < -0.39 is 10.0 Å². The van der Waals surface area contributed by atoms with E-state index in [0.29, 0.717) is 10.8 Å². The van der Waals surface area contributed by atoms with Crippen molar-refractivity contribution < 1.29 is 8.42 Å². The first kappa shape index (κ1) is 11.2. The van der Waals surface area contributed by atoms with Crippen molar-refractivity contribution in [2.24, 2.45) is 11.8 Å². The monoisotopic (exact) mass is 251 g/mol. The van der Waals surface area contributed by atoms with Gasteiger partial charge in [0.2, 0.25) is 10.0 Å². The Labute approximate surface area is 102 Å². The molecule has 1 N–H and O–H groups in total. The molecular weight excluding hydrogens is 234 g/mol. The third kappa shape index (κ3) is 2.11. The summed E-state index contributed by atoms with van der Waals surface area (Å²) in [4.78, 5) is 0.378. The van der Waals surface area contributed by atoms with Crippen molar-refractivity contribution in [3.63, 3.8) is 0 Å². The lowest BCUT2D eigenvalue weighted by molar-refractivity contribution is 0.390. The summed E-state index contributed by atoms with van der Waals surface area (Å²) in [6, 6.07) is 8.81. The summed E-state index contributed by atoms with van der Waals surface area (Å²) in [6.45, 7) is 0. The second-order valence-corrected chi connectivity index (χ2v) is 6.93. The molecule has 0 saturated heterocycles. The van der Waals surface area contributed by atoms with Gasteiger partial charge in [-0.15, -0.1) is 0 Å². The molecule has 2 saturated carbocycles. The predicted octanol–water partition coefficient (Wildman–Crippen LogP) is 2.15. The maximum Gasteiger partial charge on any atom is 0.240 e. The molecule has 2 aliphatic rings. The van der Waals surface area contributed by atoms with Crippen LogP contribution in [0.5, 0.6) is 0 Å². The molecule has 0 unspecified atom stereocenters. The minimum absolute atomic E-state index is 0.166. The quantitative estimate of drug-likeness (QED) is 0.894. The van der Waals surface area contributed by atoms with Crippen molar-refractivity contribution in [1.29, 1.82) is 0 Å². The second-order valence-electron chi connectivity index (χ2n) is 5.22. The van der Waals surface area contributed by atoms with E-state index in [0.717, 1.165) is 12.3 Å². The molecule has 3 atom stereocenters. The Bertz CT molecular complexity index is 497. The van der Waals surface area contributed by atoms with Crippen molar-refractivity contribution in [3.8, 4) is 0 Å². The molecule has 4 heteroatoms. The molecule has 0 aliphatic heterocycles. The highest BCUT2D eigenvalue weighted by Gasteiger charge is 2.41. The largest absolute Gasteiger partial charge is 0.240 e. The van der Waals surface area contributed by atoms with Gasteiger partial charge in [0, 0.05) is 6.04 Å². The summed E-state index contributed by atoms with van der Waals surface area (Å²) >= 11 is 0. The maximum atomic E-state index is 12.2. The summed E-state index contributed by atoms with van der Waals surface area (Å²) in [5, 5.41) is 0. The first-order valence-corrected chi connectivity index (χ1v) is 7.71. The Kier molecular flexibility index (Phi) is 2.71. The standard InChI is InChI=1S/C13H17NO2S/c15-17(16,12-4-2-1-3-5-12)14-13-9-10-6-7-11(13)8-10/h1-5,10-11,13-14H,6-9H2/t10-,11+,13+/m0/s1. The molecule has 1 aromatic carbocycles. The van der Waals surface area contributed by atoms with Crippen LogP contribution >= 0.6 is 0 Å². The van der Waals surface area contributed by atoms with Gasteiger partial charge in [-0.25, -0.2) is 13.1 Å². The lowest BCUT2D eigenvalue weighted by Crippen LogP contribution is -2.38. The van der Waals surface area contributed by atoms with E-state index in [1.54, 1.807) is 24.3 Å². The van der Waals surface area contributed by atoms with Gasteiger partial charge in [0.15, 0.2) is 0 Å². The van der Waals surface area contributed by atoms with Crippen LogP contribution < -0.4 is 4.72 Å². The molecule has 2 bridgehead atoms. The fourth-order valence-corrected chi connectivity index (χ4v) is 4.59. The van der Waals surface area contributed by atoms with Crippen LogP contribution in [0.4, 0.5) is 0 Å². The highest BCUT2D eigenvalue weighted by molar-refractivity contribution is 7.89. The molecule has 3 rings (SSSR count). The number of hydrogen-bond acceptors (Lipinski definition) is 2. The fraction of sp³-hybridized carbons (Fsp3) is 0.538. The number of sulfonamides is 1. The van der Waals surface area contributed by atoms with E-state index in [-0.39, 0.29) is 6.04 Å². The topological polar surface area (TPSA) is 46.2 Å². The highest BCUT2D eigenvalue weighted by Crippen LogP contribution is 2.44. The zero-order valence-electron chi connectivity index (χ0n) is 9.67. The molecule has 0 aromatic heterocycles. The lowest BCUT2D eigenvalue weighted by atomic mass is 9.96. The van der Waals surface area contributed by atoms with Gasteiger partial charge in [0.05, 0.1) is 4.90 Å². The van der Waals surface area contributed by atoms with E-state index in [4.69, 9.17) is 0 Å². The van der Waals surface area contributed by atoms with E-state index in [1.807, 2.05) is 6.07 Å². The van der Waals surface area contributed by atoms with Crippen LogP contribution in [0, 0.1) is 11.8 Å². The third-order valence-electron chi connectivity index (χ3n) is 4.10. The molecule has 17 heavy (non-hydrogen) atoms. The van der Waals surface area contributed by atoms with Crippen molar-refractivity contribution in [2.45, 2.75) is 36.6 Å². The zero-order valence-corrected chi connectivity index (χ0v) is 10.5. The van der Waals surface area contributed by atoms with Crippen LogP contribution in [0.1, 0.15) is 25.7 Å². The summed E-state index contributed by atoms with van der Waals surface area (Å²) in [5.74, 6) is 1.32. The molecule has 0 heterocycles. The fourth-order valence-electron chi connectivity index (χ4n) is 3.26. The first-order valence-electron chi connectivity index (χ1n) is 6.22. The third-order valence-corrected chi connectivity index (χ3v) is 5.60.